The van der Waals surface area contributed by atoms with E-state index < -0.39 is 15.9 Å². The Morgan fingerprint density at radius 1 is 1.50 bits per heavy atom. The fraction of sp³-hybridized carbons (Fsp3) is 0.556. The van der Waals surface area contributed by atoms with E-state index in [9.17, 15) is 13.2 Å². The van der Waals surface area contributed by atoms with Crippen LogP contribution in [0.2, 0.25) is 0 Å². The van der Waals surface area contributed by atoms with Crippen LogP contribution < -0.4 is 16.2 Å². The van der Waals surface area contributed by atoms with Crippen LogP contribution in [0.4, 0.5) is 5.82 Å². The number of rotatable bonds is 6. The highest BCUT2D eigenvalue weighted by atomic mass is 32.2. The standard InChI is InChI=1S/C9H17N5O3S/c1-6-8(9(11)13-14(6)2)18(16,17)12-5-3-4-7(10)15/h12H,3-5H2,1-2H3,(H2,10,15)(H2,11,13). The van der Waals surface area contributed by atoms with Gasteiger partial charge in [-0.2, -0.15) is 5.10 Å². The Labute approximate surface area is 105 Å². The lowest BCUT2D eigenvalue weighted by atomic mass is 10.3. The number of carbonyl (C=O) groups excluding carboxylic acids is 1. The summed E-state index contributed by atoms with van der Waals surface area (Å²) in [7, 11) is -2.10. The van der Waals surface area contributed by atoms with Gasteiger partial charge in [0.05, 0.1) is 5.69 Å². The number of nitrogens with two attached hydrogens (primary N) is 2. The van der Waals surface area contributed by atoms with Gasteiger partial charge in [0.15, 0.2) is 5.82 Å². The molecule has 0 aliphatic heterocycles. The molecule has 1 aromatic heterocycles. The molecular formula is C9H17N5O3S. The minimum absolute atomic E-state index is 0.0240. The number of hydrogen-bond acceptors (Lipinski definition) is 5. The molecule has 1 amide bonds. The summed E-state index contributed by atoms with van der Waals surface area (Å²) in [4.78, 5) is 10.5. The highest BCUT2D eigenvalue weighted by Gasteiger charge is 2.23. The summed E-state index contributed by atoms with van der Waals surface area (Å²) in [6.07, 6.45) is 0.470. The molecule has 0 saturated heterocycles. The largest absolute Gasteiger partial charge is 0.381 e. The van der Waals surface area contributed by atoms with Crippen molar-refractivity contribution in [2.24, 2.45) is 12.8 Å². The lowest BCUT2D eigenvalue weighted by Gasteiger charge is -2.06. The van der Waals surface area contributed by atoms with E-state index in [0.717, 1.165) is 0 Å². The van der Waals surface area contributed by atoms with Crippen LogP contribution in [0.5, 0.6) is 0 Å². The zero-order valence-corrected chi connectivity index (χ0v) is 11.1. The third-order valence-electron chi connectivity index (χ3n) is 2.47. The molecule has 0 radical (unpaired) electrons. The van der Waals surface area contributed by atoms with Gasteiger partial charge in [-0.05, 0) is 13.3 Å². The van der Waals surface area contributed by atoms with Gasteiger partial charge < -0.3 is 11.5 Å². The van der Waals surface area contributed by atoms with Gasteiger partial charge >= 0.3 is 0 Å². The molecule has 0 saturated carbocycles. The van der Waals surface area contributed by atoms with Crippen molar-refractivity contribution >= 4 is 21.7 Å². The van der Waals surface area contributed by atoms with E-state index in [0.29, 0.717) is 12.1 Å². The Hall–Kier alpha value is -1.61. The van der Waals surface area contributed by atoms with Gasteiger partial charge in [0, 0.05) is 20.0 Å². The molecule has 0 aliphatic rings. The zero-order chi connectivity index (χ0) is 13.9. The van der Waals surface area contributed by atoms with Gasteiger partial charge in [0.2, 0.25) is 15.9 Å². The van der Waals surface area contributed by atoms with E-state index in [2.05, 4.69) is 9.82 Å². The highest BCUT2D eigenvalue weighted by Crippen LogP contribution is 2.20. The number of carbonyl (C=O) groups is 1. The maximum Gasteiger partial charge on any atom is 0.246 e. The number of aromatic nitrogens is 2. The van der Waals surface area contributed by atoms with E-state index >= 15 is 0 Å². The van der Waals surface area contributed by atoms with Crippen molar-refractivity contribution in [3.05, 3.63) is 5.69 Å². The average Bonchev–Trinajstić information content (AvgIpc) is 2.48. The van der Waals surface area contributed by atoms with Crippen LogP contribution in [0, 0.1) is 6.92 Å². The van der Waals surface area contributed by atoms with Gasteiger partial charge in [-0.1, -0.05) is 0 Å². The molecule has 5 N–H and O–H groups in total. The molecule has 1 heterocycles. The van der Waals surface area contributed by atoms with Crippen molar-refractivity contribution in [3.63, 3.8) is 0 Å². The fourth-order valence-electron chi connectivity index (χ4n) is 1.49. The van der Waals surface area contributed by atoms with Crippen LogP contribution in [0.3, 0.4) is 0 Å². The summed E-state index contributed by atoms with van der Waals surface area (Å²) < 4.78 is 27.7. The van der Waals surface area contributed by atoms with Gasteiger partial charge in [-0.3, -0.25) is 9.48 Å². The van der Waals surface area contributed by atoms with Crippen molar-refractivity contribution in [2.45, 2.75) is 24.7 Å². The molecule has 9 heteroatoms. The number of hydrogen-bond donors (Lipinski definition) is 3. The average molecular weight is 275 g/mol. The Morgan fingerprint density at radius 3 is 2.56 bits per heavy atom. The monoisotopic (exact) mass is 275 g/mol. The van der Waals surface area contributed by atoms with Crippen LogP contribution in [0.15, 0.2) is 4.90 Å². The summed E-state index contributed by atoms with van der Waals surface area (Å²) in [6, 6.07) is 0. The van der Waals surface area contributed by atoms with Crippen molar-refractivity contribution in [1.29, 1.82) is 0 Å². The van der Waals surface area contributed by atoms with Crippen molar-refractivity contribution in [1.82, 2.24) is 14.5 Å². The Balaban J connectivity index is 2.78. The number of sulfonamides is 1. The van der Waals surface area contributed by atoms with Crippen molar-refractivity contribution in [2.75, 3.05) is 12.3 Å². The molecule has 0 aliphatic carbocycles. The zero-order valence-electron chi connectivity index (χ0n) is 10.3. The number of nitrogens with zero attached hydrogens (tertiary/aromatic N) is 2. The molecule has 0 fully saturated rings. The first kappa shape index (κ1) is 14.5. The number of amides is 1. The van der Waals surface area contributed by atoms with Crippen LogP contribution in [-0.4, -0.2) is 30.7 Å². The first-order chi connectivity index (χ1) is 8.25. The molecule has 1 aromatic rings. The summed E-state index contributed by atoms with van der Waals surface area (Å²) >= 11 is 0. The molecule has 102 valence electrons. The smallest absolute Gasteiger partial charge is 0.246 e. The van der Waals surface area contributed by atoms with Gasteiger partial charge in [0.1, 0.15) is 4.90 Å². The molecule has 0 atom stereocenters. The van der Waals surface area contributed by atoms with Crippen LogP contribution in [-0.2, 0) is 21.9 Å². The summed E-state index contributed by atoms with van der Waals surface area (Å²) in [5.41, 5.74) is 11.0. The van der Waals surface area contributed by atoms with Crippen LogP contribution >= 0.6 is 0 Å². The van der Waals surface area contributed by atoms with Gasteiger partial charge in [-0.15, -0.1) is 0 Å². The second-order valence-electron chi connectivity index (χ2n) is 3.89. The Kier molecular flexibility index (Phi) is 4.30. The highest BCUT2D eigenvalue weighted by molar-refractivity contribution is 7.89. The normalized spacial score (nSPS) is 11.7. The van der Waals surface area contributed by atoms with E-state index in [1.165, 1.54) is 4.68 Å². The fourth-order valence-corrected chi connectivity index (χ4v) is 2.88. The van der Waals surface area contributed by atoms with Crippen LogP contribution in [0.1, 0.15) is 18.5 Å². The number of nitrogen functional groups attached to an aromatic ring is 1. The predicted molar refractivity (Wildman–Crippen MR) is 66.0 cm³/mol. The maximum atomic E-state index is 12.0. The molecule has 18 heavy (non-hydrogen) atoms. The molecule has 1 rings (SSSR count). The van der Waals surface area contributed by atoms with Crippen LogP contribution in [0.25, 0.3) is 0 Å². The SMILES string of the molecule is Cc1c(S(=O)(=O)NCCCC(N)=O)c(N)nn1C. The molecule has 0 unspecified atom stereocenters. The summed E-state index contributed by atoms with van der Waals surface area (Å²) in [6.45, 7) is 1.74. The molecule has 0 bridgehead atoms. The predicted octanol–water partition coefficient (Wildman–Crippen LogP) is -1.15. The van der Waals surface area contributed by atoms with E-state index in [1.54, 1.807) is 14.0 Å². The lowest BCUT2D eigenvalue weighted by molar-refractivity contribution is -0.118. The molecule has 0 spiro atoms. The molecule has 8 nitrogen and oxygen atoms in total. The first-order valence-corrected chi connectivity index (χ1v) is 6.81. The van der Waals surface area contributed by atoms with Gasteiger partial charge in [-0.25, -0.2) is 13.1 Å². The van der Waals surface area contributed by atoms with E-state index in [4.69, 9.17) is 11.5 Å². The Bertz CT molecular complexity index is 549. The topological polar surface area (TPSA) is 133 Å². The Morgan fingerprint density at radius 2 is 2.11 bits per heavy atom. The summed E-state index contributed by atoms with van der Waals surface area (Å²) in [5, 5.41) is 3.83. The van der Waals surface area contributed by atoms with E-state index in [1.807, 2.05) is 0 Å². The third kappa shape index (κ3) is 3.20. The molecular weight excluding hydrogens is 258 g/mol. The van der Waals surface area contributed by atoms with E-state index in [-0.39, 0.29) is 23.7 Å². The number of nitrogens with one attached hydrogen (secondary N) is 1. The maximum absolute atomic E-state index is 12.0. The van der Waals surface area contributed by atoms with Crippen molar-refractivity contribution < 1.29 is 13.2 Å². The second kappa shape index (κ2) is 5.36. The third-order valence-corrected chi connectivity index (χ3v) is 4.09. The number of aryl methyl sites for hydroxylation is 1. The number of primary amides is 1. The minimum Gasteiger partial charge on any atom is -0.381 e. The lowest BCUT2D eigenvalue weighted by Crippen LogP contribution is -2.26. The van der Waals surface area contributed by atoms with Gasteiger partial charge in [0.25, 0.3) is 0 Å². The quantitative estimate of drug-likeness (QED) is 0.564. The minimum atomic E-state index is -3.71. The van der Waals surface area contributed by atoms with Crippen molar-refractivity contribution in [3.8, 4) is 0 Å². The summed E-state index contributed by atoms with van der Waals surface area (Å²) in [5.74, 6) is -0.510. The number of anilines is 1. The second-order valence-corrected chi connectivity index (χ2v) is 5.59. The molecule has 0 aromatic carbocycles. The first-order valence-electron chi connectivity index (χ1n) is 5.32.